The molecule has 3 fully saturated rings. The van der Waals surface area contributed by atoms with Gasteiger partial charge >= 0.3 is 0 Å². The summed E-state index contributed by atoms with van der Waals surface area (Å²) in [6.45, 7) is 0. The number of hydrogen-bond donors (Lipinski definition) is 0. The van der Waals surface area contributed by atoms with Crippen LogP contribution in [0.5, 0.6) is 0 Å². The van der Waals surface area contributed by atoms with Crippen molar-refractivity contribution in [3.05, 3.63) is 0 Å². The molecule has 3 atom stereocenters. The molecule has 2 heteroatoms. The highest BCUT2D eigenvalue weighted by Gasteiger charge is 2.63. The van der Waals surface area contributed by atoms with Gasteiger partial charge in [-0.25, -0.2) is 0 Å². The topological polar surface area (TPSA) is 11.9 Å². The predicted octanol–water partition coefficient (Wildman–Crippen LogP) is 2.00. The molecule has 0 aromatic rings. The molecule has 0 aliphatic carbocycles. The Morgan fingerprint density at radius 2 is 1.67 bits per heavy atom. The van der Waals surface area contributed by atoms with Gasteiger partial charge in [0.2, 0.25) is 0 Å². The normalized spacial score (nSPS) is 51.8. The fraction of sp³-hybridized carbons (Fsp3) is 1.00. The lowest BCUT2D eigenvalue weighted by atomic mass is 10.1. The molecule has 0 aromatic carbocycles. The second-order valence-electron chi connectivity index (χ2n) is 4.39. The predicted molar refractivity (Wildman–Crippen MR) is 46.1 cm³/mol. The average molecular weight is 169 g/mol. The van der Waals surface area contributed by atoms with E-state index >= 15 is 0 Å². The fourth-order valence-electron chi connectivity index (χ4n) is 3.47. The maximum Gasteiger partial charge on any atom is 0.276 e. The summed E-state index contributed by atoms with van der Waals surface area (Å²) in [7, 11) is 1.87. The van der Waals surface area contributed by atoms with E-state index in [1.54, 1.807) is 0 Å². The van der Waals surface area contributed by atoms with E-state index in [4.69, 9.17) is 4.74 Å². The van der Waals surface area contributed by atoms with Crippen LogP contribution in [0.15, 0.2) is 0 Å². The Bertz CT molecular complexity index is 186. The number of hydrogen-bond acceptors (Lipinski definition) is 1. The van der Waals surface area contributed by atoms with Crippen molar-refractivity contribution in [3.8, 4) is 0 Å². The molecular formula is C10H17O2+. The van der Waals surface area contributed by atoms with E-state index in [1.165, 1.54) is 38.5 Å². The zero-order valence-corrected chi connectivity index (χ0v) is 7.71. The van der Waals surface area contributed by atoms with Crippen LogP contribution in [0.2, 0.25) is 0 Å². The molecule has 3 heterocycles. The van der Waals surface area contributed by atoms with Gasteiger partial charge in [-0.05, 0) is 0 Å². The molecular weight excluding hydrogens is 152 g/mol. The van der Waals surface area contributed by atoms with Crippen LogP contribution in [-0.4, -0.2) is 25.1 Å². The van der Waals surface area contributed by atoms with Crippen molar-refractivity contribution in [1.29, 1.82) is 0 Å². The van der Waals surface area contributed by atoms with Crippen molar-refractivity contribution in [3.63, 3.8) is 0 Å². The zero-order valence-electron chi connectivity index (χ0n) is 7.71. The maximum atomic E-state index is 5.69. The molecule has 2 nitrogen and oxygen atoms in total. The fourth-order valence-corrected chi connectivity index (χ4v) is 3.47. The maximum absolute atomic E-state index is 5.69. The van der Waals surface area contributed by atoms with Gasteiger partial charge in [0.1, 0.15) is 0 Å². The summed E-state index contributed by atoms with van der Waals surface area (Å²) in [6, 6.07) is 0. The molecule has 0 N–H and O–H groups in total. The molecule has 0 bridgehead atoms. The first-order chi connectivity index (χ1) is 5.86. The van der Waals surface area contributed by atoms with Crippen molar-refractivity contribution in [2.75, 3.05) is 7.11 Å². The van der Waals surface area contributed by atoms with E-state index in [2.05, 4.69) is 4.37 Å². The summed E-state index contributed by atoms with van der Waals surface area (Å²) in [6.07, 6.45) is 9.53. The highest BCUT2D eigenvalue weighted by atomic mass is 16.8. The van der Waals surface area contributed by atoms with Gasteiger partial charge < -0.3 is 9.10 Å². The lowest BCUT2D eigenvalue weighted by molar-refractivity contribution is -0.332. The van der Waals surface area contributed by atoms with Crippen LogP contribution < -0.4 is 0 Å². The van der Waals surface area contributed by atoms with Gasteiger partial charge in [-0.2, -0.15) is 0 Å². The molecule has 0 radical (unpaired) electrons. The van der Waals surface area contributed by atoms with Crippen LogP contribution in [0.25, 0.3) is 0 Å². The lowest BCUT2D eigenvalue weighted by Gasteiger charge is -2.28. The third-order valence-electron chi connectivity index (χ3n) is 4.02. The van der Waals surface area contributed by atoms with Crippen LogP contribution in [0.4, 0.5) is 0 Å². The van der Waals surface area contributed by atoms with Crippen LogP contribution in [0.1, 0.15) is 38.5 Å². The second-order valence-corrected chi connectivity index (χ2v) is 4.39. The number of ether oxygens (including phenoxy) is 1. The van der Waals surface area contributed by atoms with Crippen molar-refractivity contribution >= 4 is 0 Å². The van der Waals surface area contributed by atoms with Gasteiger partial charge in [0, 0.05) is 32.8 Å². The smallest absolute Gasteiger partial charge is 0.276 e. The Kier molecular flexibility index (Phi) is 1.37. The number of rotatable bonds is 1. The van der Waals surface area contributed by atoms with E-state index in [1.807, 2.05) is 7.11 Å². The molecule has 3 aliphatic heterocycles. The molecule has 0 spiro atoms. The quantitative estimate of drug-likeness (QED) is 0.547. The Morgan fingerprint density at radius 3 is 2.17 bits per heavy atom. The monoisotopic (exact) mass is 169 g/mol. The van der Waals surface area contributed by atoms with E-state index in [0.717, 1.165) is 12.2 Å². The standard InChI is InChI=1S/C10H17O2/c1-11-10-6-4-8-2-3-9(5-7-10)12(8)10/h8-9H,2-7H2,1H3/q+1/t8-,9+,10?. The van der Waals surface area contributed by atoms with E-state index in [9.17, 15) is 0 Å². The Morgan fingerprint density at radius 1 is 1.08 bits per heavy atom. The minimum atomic E-state index is 0.103. The van der Waals surface area contributed by atoms with Crippen molar-refractivity contribution in [2.45, 2.75) is 56.5 Å². The van der Waals surface area contributed by atoms with Crippen LogP contribution >= 0.6 is 0 Å². The van der Waals surface area contributed by atoms with Crippen LogP contribution in [0.3, 0.4) is 0 Å². The number of methoxy groups -OCH3 is 1. The summed E-state index contributed by atoms with van der Waals surface area (Å²) >= 11 is 0. The summed E-state index contributed by atoms with van der Waals surface area (Å²) in [5.41, 5.74) is 0. The summed E-state index contributed by atoms with van der Waals surface area (Å²) in [5.74, 6) is 0.103. The minimum absolute atomic E-state index is 0.103. The van der Waals surface area contributed by atoms with Gasteiger partial charge in [0.05, 0.1) is 12.8 Å². The largest absolute Gasteiger partial charge is 0.391 e. The molecule has 3 rings (SSSR count). The van der Waals surface area contributed by atoms with Crippen LogP contribution in [-0.2, 0) is 9.10 Å². The Labute approximate surface area is 73.6 Å². The van der Waals surface area contributed by atoms with Crippen molar-refractivity contribution in [1.82, 2.24) is 0 Å². The Hall–Kier alpha value is -0.0800. The summed E-state index contributed by atoms with van der Waals surface area (Å²) < 4.78 is 9.24. The third kappa shape index (κ3) is 0.686. The van der Waals surface area contributed by atoms with Gasteiger partial charge in [0.25, 0.3) is 5.79 Å². The van der Waals surface area contributed by atoms with E-state index in [-0.39, 0.29) is 5.79 Å². The molecule has 0 amide bonds. The molecule has 0 saturated carbocycles. The molecule has 68 valence electrons. The lowest BCUT2D eigenvalue weighted by Crippen LogP contribution is -2.36. The highest BCUT2D eigenvalue weighted by molar-refractivity contribution is 4.98. The molecule has 3 aliphatic rings. The first-order valence-electron chi connectivity index (χ1n) is 5.13. The Balaban J connectivity index is 1.96. The molecule has 12 heavy (non-hydrogen) atoms. The average Bonchev–Trinajstić information content (AvgIpc) is 2.73. The molecule has 3 saturated heterocycles. The minimum Gasteiger partial charge on any atom is -0.391 e. The molecule has 1 unspecified atom stereocenters. The van der Waals surface area contributed by atoms with Gasteiger partial charge in [-0.1, -0.05) is 0 Å². The van der Waals surface area contributed by atoms with Crippen LogP contribution in [0, 0.1) is 0 Å². The van der Waals surface area contributed by atoms with Gasteiger partial charge in [-0.15, -0.1) is 0 Å². The second kappa shape index (κ2) is 2.24. The summed E-state index contributed by atoms with van der Waals surface area (Å²) in [4.78, 5) is 0. The van der Waals surface area contributed by atoms with Gasteiger partial charge in [0.15, 0.2) is 12.2 Å². The van der Waals surface area contributed by atoms with Crippen molar-refractivity contribution < 1.29 is 9.10 Å². The highest BCUT2D eigenvalue weighted by Crippen LogP contribution is 2.55. The van der Waals surface area contributed by atoms with Crippen molar-refractivity contribution in [2.24, 2.45) is 0 Å². The molecule has 0 aromatic heterocycles. The van der Waals surface area contributed by atoms with Gasteiger partial charge in [-0.3, -0.25) is 0 Å². The first-order valence-corrected chi connectivity index (χ1v) is 5.13. The first kappa shape index (κ1) is 7.34. The third-order valence-corrected chi connectivity index (χ3v) is 4.02. The van der Waals surface area contributed by atoms with E-state index in [0.29, 0.717) is 0 Å². The zero-order chi connectivity index (χ0) is 8.18. The summed E-state index contributed by atoms with van der Waals surface area (Å²) in [5, 5.41) is 0. The van der Waals surface area contributed by atoms with E-state index < -0.39 is 0 Å². The SMILES string of the molecule is COC12CC[C@H]3CC[C@@H](CC1)[O+]32.